The lowest BCUT2D eigenvalue weighted by molar-refractivity contribution is 0.102. The second kappa shape index (κ2) is 6.41. The molecule has 1 amide bonds. The van der Waals surface area contributed by atoms with E-state index in [2.05, 4.69) is 37.2 Å². The quantitative estimate of drug-likeness (QED) is 0.807. The molecule has 0 aliphatic heterocycles. The van der Waals surface area contributed by atoms with Gasteiger partial charge in [-0.05, 0) is 64.8 Å². The number of hydrogen-bond donors (Lipinski definition) is 1. The number of methoxy groups -OCH3 is 1. The molecule has 0 saturated heterocycles. The molecule has 0 heterocycles. The van der Waals surface area contributed by atoms with Gasteiger partial charge in [-0.15, -0.1) is 0 Å². The van der Waals surface area contributed by atoms with Gasteiger partial charge in [0.2, 0.25) is 0 Å². The number of anilines is 1. The number of hydrogen-bond acceptors (Lipinski definition) is 2. The monoisotopic (exact) mass is 397 g/mol. The van der Waals surface area contributed by atoms with Crippen molar-refractivity contribution < 1.29 is 9.53 Å². The maximum Gasteiger partial charge on any atom is 0.256 e. The van der Waals surface area contributed by atoms with Crippen molar-refractivity contribution >= 4 is 43.5 Å². The summed E-state index contributed by atoms with van der Waals surface area (Å²) in [6.07, 6.45) is 0. The minimum atomic E-state index is -0.158. The summed E-state index contributed by atoms with van der Waals surface area (Å²) in [6.45, 7) is 1.93. The van der Waals surface area contributed by atoms with Gasteiger partial charge < -0.3 is 10.1 Å². The van der Waals surface area contributed by atoms with Crippen molar-refractivity contribution in [3.8, 4) is 5.75 Å². The Balaban J connectivity index is 2.21. The standard InChI is InChI=1S/C15H13Br2NO2/c1-9-7-11(4-6-14(9)20-2)18-15(19)12-5-3-10(16)8-13(12)17/h3-8H,1-2H3,(H,18,19). The molecule has 0 atom stereocenters. The summed E-state index contributed by atoms with van der Waals surface area (Å²) in [5.41, 5.74) is 2.30. The van der Waals surface area contributed by atoms with E-state index in [1.807, 2.05) is 37.3 Å². The van der Waals surface area contributed by atoms with Gasteiger partial charge in [-0.25, -0.2) is 0 Å². The summed E-state index contributed by atoms with van der Waals surface area (Å²) in [6, 6.07) is 11.0. The minimum absolute atomic E-state index is 0.158. The van der Waals surface area contributed by atoms with Crippen molar-refractivity contribution in [1.29, 1.82) is 0 Å². The first kappa shape index (κ1) is 15.1. The highest BCUT2D eigenvalue weighted by Gasteiger charge is 2.11. The van der Waals surface area contributed by atoms with Gasteiger partial charge in [-0.2, -0.15) is 0 Å². The number of aryl methyl sites for hydroxylation is 1. The molecule has 0 spiro atoms. The van der Waals surface area contributed by atoms with Crippen LogP contribution in [0.15, 0.2) is 45.3 Å². The van der Waals surface area contributed by atoms with E-state index in [-0.39, 0.29) is 5.91 Å². The van der Waals surface area contributed by atoms with Gasteiger partial charge in [0.05, 0.1) is 12.7 Å². The van der Waals surface area contributed by atoms with Crippen LogP contribution in [0.3, 0.4) is 0 Å². The first-order valence-corrected chi connectivity index (χ1v) is 7.51. The van der Waals surface area contributed by atoms with Gasteiger partial charge in [-0.3, -0.25) is 4.79 Å². The summed E-state index contributed by atoms with van der Waals surface area (Å²) >= 11 is 6.75. The molecule has 1 N–H and O–H groups in total. The first-order chi connectivity index (χ1) is 9.51. The summed E-state index contributed by atoms with van der Waals surface area (Å²) in [4.78, 5) is 12.2. The summed E-state index contributed by atoms with van der Waals surface area (Å²) in [5.74, 6) is 0.641. The molecule has 0 unspecified atom stereocenters. The van der Waals surface area contributed by atoms with Crippen LogP contribution < -0.4 is 10.1 Å². The maximum absolute atomic E-state index is 12.2. The number of nitrogens with one attached hydrogen (secondary N) is 1. The Morgan fingerprint density at radius 3 is 2.50 bits per heavy atom. The highest BCUT2D eigenvalue weighted by Crippen LogP contribution is 2.25. The Labute approximate surface area is 134 Å². The van der Waals surface area contributed by atoms with Crippen LogP contribution in [0.25, 0.3) is 0 Å². The lowest BCUT2D eigenvalue weighted by atomic mass is 10.1. The Hall–Kier alpha value is -1.33. The van der Waals surface area contributed by atoms with Crippen LogP contribution in [0.4, 0.5) is 5.69 Å². The second-order valence-electron chi connectivity index (χ2n) is 4.26. The number of halogens is 2. The van der Waals surface area contributed by atoms with Crippen molar-refractivity contribution in [3.05, 3.63) is 56.5 Å². The maximum atomic E-state index is 12.2. The van der Waals surface area contributed by atoms with Crippen LogP contribution in [0, 0.1) is 6.92 Å². The summed E-state index contributed by atoms with van der Waals surface area (Å²) < 4.78 is 6.86. The average molecular weight is 399 g/mol. The Morgan fingerprint density at radius 1 is 1.15 bits per heavy atom. The van der Waals surface area contributed by atoms with E-state index in [0.29, 0.717) is 5.56 Å². The van der Waals surface area contributed by atoms with E-state index in [9.17, 15) is 4.79 Å². The van der Waals surface area contributed by atoms with Crippen molar-refractivity contribution in [2.75, 3.05) is 12.4 Å². The molecule has 2 aromatic rings. The van der Waals surface area contributed by atoms with Crippen molar-refractivity contribution in [3.63, 3.8) is 0 Å². The van der Waals surface area contributed by atoms with Crippen LogP contribution in [0.2, 0.25) is 0 Å². The third-order valence-electron chi connectivity index (χ3n) is 2.83. The zero-order valence-electron chi connectivity index (χ0n) is 11.0. The molecule has 2 rings (SSSR count). The Kier molecular flexibility index (Phi) is 4.83. The van der Waals surface area contributed by atoms with Gasteiger partial charge in [0.1, 0.15) is 5.75 Å². The molecular weight excluding hydrogens is 386 g/mol. The van der Waals surface area contributed by atoms with Crippen molar-refractivity contribution in [1.82, 2.24) is 0 Å². The topological polar surface area (TPSA) is 38.3 Å². The van der Waals surface area contributed by atoms with E-state index in [1.165, 1.54) is 0 Å². The van der Waals surface area contributed by atoms with Gasteiger partial charge in [0.25, 0.3) is 5.91 Å². The number of carbonyl (C=O) groups excluding carboxylic acids is 1. The van der Waals surface area contributed by atoms with Gasteiger partial charge >= 0.3 is 0 Å². The van der Waals surface area contributed by atoms with Crippen LogP contribution in [-0.2, 0) is 0 Å². The number of amides is 1. The first-order valence-electron chi connectivity index (χ1n) is 5.92. The number of benzene rings is 2. The van der Waals surface area contributed by atoms with E-state index in [1.54, 1.807) is 13.2 Å². The molecule has 0 aromatic heterocycles. The zero-order valence-corrected chi connectivity index (χ0v) is 14.2. The summed E-state index contributed by atoms with van der Waals surface area (Å²) in [7, 11) is 1.62. The highest BCUT2D eigenvalue weighted by molar-refractivity contribution is 9.11. The third-order valence-corrected chi connectivity index (χ3v) is 3.98. The molecule has 5 heteroatoms. The SMILES string of the molecule is COc1ccc(NC(=O)c2ccc(Br)cc2Br)cc1C. The minimum Gasteiger partial charge on any atom is -0.496 e. The van der Waals surface area contributed by atoms with E-state index in [0.717, 1.165) is 25.9 Å². The summed E-state index contributed by atoms with van der Waals surface area (Å²) in [5, 5.41) is 2.87. The van der Waals surface area contributed by atoms with Gasteiger partial charge in [-0.1, -0.05) is 15.9 Å². The van der Waals surface area contributed by atoms with Crippen LogP contribution in [0.5, 0.6) is 5.75 Å². The predicted octanol–water partition coefficient (Wildman–Crippen LogP) is 4.78. The zero-order chi connectivity index (χ0) is 14.7. The van der Waals surface area contributed by atoms with Gasteiger partial charge in [0.15, 0.2) is 0 Å². The lowest BCUT2D eigenvalue weighted by Gasteiger charge is -2.10. The lowest BCUT2D eigenvalue weighted by Crippen LogP contribution is -2.12. The van der Waals surface area contributed by atoms with E-state index in [4.69, 9.17) is 4.74 Å². The Bertz CT molecular complexity index is 656. The predicted molar refractivity (Wildman–Crippen MR) is 87.5 cm³/mol. The fourth-order valence-electron chi connectivity index (χ4n) is 1.83. The number of carbonyl (C=O) groups is 1. The molecule has 0 aliphatic carbocycles. The van der Waals surface area contributed by atoms with Crippen molar-refractivity contribution in [2.45, 2.75) is 6.92 Å². The molecule has 2 aromatic carbocycles. The molecule has 0 aliphatic rings. The fraction of sp³-hybridized carbons (Fsp3) is 0.133. The number of rotatable bonds is 3. The third kappa shape index (κ3) is 3.41. The molecule has 3 nitrogen and oxygen atoms in total. The molecule has 104 valence electrons. The second-order valence-corrected chi connectivity index (χ2v) is 6.03. The number of ether oxygens (including phenoxy) is 1. The molecule has 0 bridgehead atoms. The molecule has 0 saturated carbocycles. The van der Waals surface area contributed by atoms with Crippen LogP contribution >= 0.6 is 31.9 Å². The fourth-order valence-corrected chi connectivity index (χ4v) is 3.06. The normalized spacial score (nSPS) is 10.2. The molecule has 20 heavy (non-hydrogen) atoms. The van der Waals surface area contributed by atoms with Gasteiger partial charge in [0, 0.05) is 14.6 Å². The molecular formula is C15H13Br2NO2. The van der Waals surface area contributed by atoms with E-state index < -0.39 is 0 Å². The molecule has 0 fully saturated rings. The van der Waals surface area contributed by atoms with Crippen LogP contribution in [-0.4, -0.2) is 13.0 Å². The van der Waals surface area contributed by atoms with E-state index >= 15 is 0 Å². The van der Waals surface area contributed by atoms with Crippen molar-refractivity contribution in [2.24, 2.45) is 0 Å². The highest BCUT2D eigenvalue weighted by atomic mass is 79.9. The van der Waals surface area contributed by atoms with Crippen LogP contribution in [0.1, 0.15) is 15.9 Å². The Morgan fingerprint density at radius 2 is 1.90 bits per heavy atom. The largest absolute Gasteiger partial charge is 0.496 e. The smallest absolute Gasteiger partial charge is 0.256 e. The average Bonchev–Trinajstić information content (AvgIpc) is 2.38. The molecule has 0 radical (unpaired) electrons.